The van der Waals surface area contributed by atoms with Crippen molar-refractivity contribution in [3.63, 3.8) is 0 Å². The standard InChI is InChI=1S/C12H15N3O3/c1-14-8-9(11(16)15(2)12(14)17)6-13-7-10-4-3-5-18-10/h3-5,8,13H,6-7H2,1-2H3. The summed E-state index contributed by atoms with van der Waals surface area (Å²) in [5.41, 5.74) is -0.0500. The van der Waals surface area contributed by atoms with Gasteiger partial charge < -0.3 is 14.3 Å². The minimum atomic E-state index is -0.324. The summed E-state index contributed by atoms with van der Waals surface area (Å²) in [6.07, 6.45) is 3.15. The number of hydrogen-bond donors (Lipinski definition) is 1. The molecule has 0 saturated heterocycles. The van der Waals surface area contributed by atoms with E-state index in [2.05, 4.69) is 5.32 Å². The maximum absolute atomic E-state index is 11.8. The van der Waals surface area contributed by atoms with Crippen molar-refractivity contribution in [2.24, 2.45) is 14.1 Å². The summed E-state index contributed by atoms with van der Waals surface area (Å²) in [7, 11) is 3.10. The highest BCUT2D eigenvalue weighted by Crippen LogP contribution is 1.99. The minimum Gasteiger partial charge on any atom is -0.468 e. The van der Waals surface area contributed by atoms with E-state index in [1.54, 1.807) is 19.5 Å². The van der Waals surface area contributed by atoms with Gasteiger partial charge in [-0.1, -0.05) is 0 Å². The fourth-order valence-electron chi connectivity index (χ4n) is 1.74. The van der Waals surface area contributed by atoms with E-state index in [1.807, 2.05) is 12.1 Å². The molecule has 0 atom stereocenters. The Morgan fingerprint density at radius 2 is 2.06 bits per heavy atom. The highest BCUT2D eigenvalue weighted by molar-refractivity contribution is 5.06. The van der Waals surface area contributed by atoms with Gasteiger partial charge in [-0.15, -0.1) is 0 Å². The summed E-state index contributed by atoms with van der Waals surface area (Å²) in [5.74, 6) is 0.802. The first kappa shape index (κ1) is 12.4. The van der Waals surface area contributed by atoms with Crippen LogP contribution in [0.5, 0.6) is 0 Å². The number of aryl methyl sites for hydroxylation is 1. The third-order valence-electron chi connectivity index (χ3n) is 2.71. The van der Waals surface area contributed by atoms with Gasteiger partial charge in [0.2, 0.25) is 0 Å². The first-order valence-electron chi connectivity index (χ1n) is 5.58. The molecule has 2 rings (SSSR count). The maximum Gasteiger partial charge on any atom is 0.330 e. The molecule has 6 heteroatoms. The Labute approximate surface area is 103 Å². The molecule has 2 aromatic rings. The van der Waals surface area contributed by atoms with Crippen molar-refractivity contribution in [3.05, 3.63) is 56.8 Å². The van der Waals surface area contributed by atoms with Crippen LogP contribution in [0.1, 0.15) is 11.3 Å². The van der Waals surface area contributed by atoms with Crippen molar-refractivity contribution >= 4 is 0 Å². The van der Waals surface area contributed by atoms with Gasteiger partial charge in [-0.3, -0.25) is 9.36 Å². The van der Waals surface area contributed by atoms with Crippen LogP contribution in [0.15, 0.2) is 38.6 Å². The molecule has 1 N–H and O–H groups in total. The van der Waals surface area contributed by atoms with Crippen molar-refractivity contribution < 1.29 is 4.42 Å². The van der Waals surface area contributed by atoms with Crippen LogP contribution < -0.4 is 16.6 Å². The lowest BCUT2D eigenvalue weighted by atomic mass is 10.3. The lowest BCUT2D eigenvalue weighted by Gasteiger charge is -2.07. The zero-order valence-corrected chi connectivity index (χ0v) is 10.3. The van der Waals surface area contributed by atoms with E-state index in [0.717, 1.165) is 10.3 Å². The Bertz CT molecular complexity index is 638. The number of rotatable bonds is 4. The van der Waals surface area contributed by atoms with Gasteiger partial charge in [-0.25, -0.2) is 4.79 Å². The summed E-state index contributed by atoms with van der Waals surface area (Å²) < 4.78 is 7.66. The fraction of sp³-hybridized carbons (Fsp3) is 0.333. The van der Waals surface area contributed by atoms with Gasteiger partial charge in [0.25, 0.3) is 5.56 Å². The van der Waals surface area contributed by atoms with Crippen LogP contribution in [0.2, 0.25) is 0 Å². The molecule has 0 unspecified atom stereocenters. The largest absolute Gasteiger partial charge is 0.468 e. The first-order valence-corrected chi connectivity index (χ1v) is 5.58. The molecule has 0 radical (unpaired) electrons. The molecule has 0 fully saturated rings. The van der Waals surface area contributed by atoms with Crippen LogP contribution in [0, 0.1) is 0 Å². The molecular formula is C12H15N3O3. The number of aromatic nitrogens is 2. The summed E-state index contributed by atoms with van der Waals surface area (Å²) in [6.45, 7) is 0.931. The van der Waals surface area contributed by atoms with E-state index < -0.39 is 0 Å². The van der Waals surface area contributed by atoms with Gasteiger partial charge in [0, 0.05) is 32.4 Å². The number of nitrogens with one attached hydrogen (secondary N) is 1. The van der Waals surface area contributed by atoms with E-state index in [1.165, 1.54) is 11.6 Å². The summed E-state index contributed by atoms with van der Waals surface area (Å²) in [6, 6.07) is 3.66. The average molecular weight is 249 g/mol. The molecule has 0 aliphatic rings. The molecule has 0 bridgehead atoms. The predicted octanol–water partition coefficient (Wildman–Crippen LogP) is -0.0332. The second kappa shape index (κ2) is 5.05. The van der Waals surface area contributed by atoms with E-state index in [-0.39, 0.29) is 11.2 Å². The number of nitrogens with zero attached hydrogens (tertiary/aromatic N) is 2. The normalized spacial score (nSPS) is 10.8. The summed E-state index contributed by atoms with van der Waals surface area (Å²) >= 11 is 0. The van der Waals surface area contributed by atoms with Crippen molar-refractivity contribution in [2.75, 3.05) is 0 Å². The molecule has 2 aromatic heterocycles. The van der Waals surface area contributed by atoms with Crippen LogP contribution >= 0.6 is 0 Å². The fourth-order valence-corrected chi connectivity index (χ4v) is 1.74. The molecule has 6 nitrogen and oxygen atoms in total. The molecule has 96 valence electrons. The molecule has 0 saturated carbocycles. The zero-order chi connectivity index (χ0) is 13.1. The second-order valence-corrected chi connectivity index (χ2v) is 4.09. The van der Waals surface area contributed by atoms with Gasteiger partial charge in [-0.05, 0) is 12.1 Å². The SMILES string of the molecule is Cn1cc(CNCc2ccco2)c(=O)n(C)c1=O. The summed E-state index contributed by atoms with van der Waals surface area (Å²) in [4.78, 5) is 23.3. The predicted molar refractivity (Wildman–Crippen MR) is 66.2 cm³/mol. The third-order valence-corrected chi connectivity index (χ3v) is 2.71. The van der Waals surface area contributed by atoms with Crippen LogP contribution in [0.25, 0.3) is 0 Å². The average Bonchev–Trinajstić information content (AvgIpc) is 2.86. The molecule has 0 spiro atoms. The summed E-state index contributed by atoms with van der Waals surface area (Å²) in [5, 5.41) is 3.10. The van der Waals surface area contributed by atoms with E-state index in [4.69, 9.17) is 4.42 Å². The quantitative estimate of drug-likeness (QED) is 0.826. The van der Waals surface area contributed by atoms with Gasteiger partial charge in [0.05, 0.1) is 12.8 Å². The molecule has 2 heterocycles. The van der Waals surface area contributed by atoms with Crippen LogP contribution in [-0.4, -0.2) is 9.13 Å². The molecule has 0 aliphatic heterocycles. The van der Waals surface area contributed by atoms with Crippen LogP contribution in [-0.2, 0) is 27.2 Å². The van der Waals surface area contributed by atoms with Crippen molar-refractivity contribution in [1.29, 1.82) is 0 Å². The molecule has 0 aliphatic carbocycles. The van der Waals surface area contributed by atoms with Crippen molar-refractivity contribution in [2.45, 2.75) is 13.1 Å². The van der Waals surface area contributed by atoms with Gasteiger partial charge in [-0.2, -0.15) is 0 Å². The second-order valence-electron chi connectivity index (χ2n) is 4.09. The number of hydrogen-bond acceptors (Lipinski definition) is 4. The van der Waals surface area contributed by atoms with Crippen molar-refractivity contribution in [3.8, 4) is 0 Å². The van der Waals surface area contributed by atoms with Crippen molar-refractivity contribution in [1.82, 2.24) is 14.5 Å². The topological polar surface area (TPSA) is 69.2 Å². The van der Waals surface area contributed by atoms with E-state index >= 15 is 0 Å². The molecular weight excluding hydrogens is 234 g/mol. The monoisotopic (exact) mass is 249 g/mol. The molecule has 0 aromatic carbocycles. The Morgan fingerprint density at radius 1 is 1.28 bits per heavy atom. The Morgan fingerprint density at radius 3 is 2.72 bits per heavy atom. The highest BCUT2D eigenvalue weighted by atomic mass is 16.3. The lowest BCUT2D eigenvalue weighted by molar-refractivity contribution is 0.481. The Kier molecular flexibility index (Phi) is 3.47. The third kappa shape index (κ3) is 2.43. The molecule has 0 amide bonds. The van der Waals surface area contributed by atoms with E-state index in [0.29, 0.717) is 18.7 Å². The highest BCUT2D eigenvalue weighted by Gasteiger charge is 2.06. The maximum atomic E-state index is 11.8. The lowest BCUT2D eigenvalue weighted by Crippen LogP contribution is -2.39. The van der Waals surface area contributed by atoms with Crippen LogP contribution in [0.4, 0.5) is 0 Å². The Hall–Kier alpha value is -2.08. The Balaban J connectivity index is 2.10. The number of furan rings is 1. The molecule has 18 heavy (non-hydrogen) atoms. The van der Waals surface area contributed by atoms with Gasteiger partial charge in [0.1, 0.15) is 5.76 Å². The van der Waals surface area contributed by atoms with Crippen LogP contribution in [0.3, 0.4) is 0 Å². The van der Waals surface area contributed by atoms with Gasteiger partial charge >= 0.3 is 5.69 Å². The minimum absolute atomic E-state index is 0.273. The zero-order valence-electron chi connectivity index (χ0n) is 10.3. The van der Waals surface area contributed by atoms with E-state index in [9.17, 15) is 9.59 Å². The van der Waals surface area contributed by atoms with Gasteiger partial charge in [0.15, 0.2) is 0 Å². The smallest absolute Gasteiger partial charge is 0.330 e. The first-order chi connectivity index (χ1) is 8.59.